The van der Waals surface area contributed by atoms with Crippen LogP contribution < -0.4 is 5.32 Å². The number of carbonyl (C=O) groups is 1. The molecule has 0 aliphatic heterocycles. The maximum absolute atomic E-state index is 11.7. The molecule has 1 rings (SSSR count). The first kappa shape index (κ1) is 18.6. The number of hydrogen-bond acceptors (Lipinski definition) is 6. The van der Waals surface area contributed by atoms with E-state index in [0.717, 1.165) is 12.7 Å². The Labute approximate surface area is 131 Å². The molecule has 1 aromatic rings. The number of esters is 1. The Kier molecular flexibility index (Phi) is 7.50. The maximum Gasteiger partial charge on any atom is 0.338 e. The average molecular weight is 329 g/mol. The molecule has 124 valence electrons. The van der Waals surface area contributed by atoms with Gasteiger partial charge >= 0.3 is 5.97 Å². The van der Waals surface area contributed by atoms with Gasteiger partial charge in [-0.15, -0.1) is 0 Å². The Morgan fingerprint density at radius 1 is 1.27 bits per heavy atom. The molecule has 0 fully saturated rings. The Morgan fingerprint density at radius 2 is 2.00 bits per heavy atom. The Bertz CT molecular complexity index is 598. The molecule has 1 aromatic carbocycles. The van der Waals surface area contributed by atoms with E-state index >= 15 is 0 Å². The monoisotopic (exact) mass is 329 g/mol. The molecule has 6 nitrogen and oxygen atoms in total. The summed E-state index contributed by atoms with van der Waals surface area (Å²) in [7, 11) is -2.03. The van der Waals surface area contributed by atoms with Crippen molar-refractivity contribution in [1.29, 1.82) is 0 Å². The normalized spacial score (nSPS) is 11.4. The van der Waals surface area contributed by atoms with Crippen molar-refractivity contribution in [2.75, 3.05) is 33.1 Å². The average Bonchev–Trinajstić information content (AvgIpc) is 2.49. The Morgan fingerprint density at radius 3 is 2.59 bits per heavy atom. The van der Waals surface area contributed by atoms with Crippen LogP contribution >= 0.6 is 0 Å². The second-order valence-corrected chi connectivity index (χ2v) is 6.89. The summed E-state index contributed by atoms with van der Waals surface area (Å²) in [6.07, 6.45) is 2.10. The molecule has 0 saturated carbocycles. The third-order valence-corrected chi connectivity index (χ3v) is 4.11. The first-order chi connectivity index (χ1) is 10.4. The second kappa shape index (κ2) is 8.87. The lowest BCUT2D eigenvalue weighted by Gasteiger charge is -2.11. The van der Waals surface area contributed by atoms with Crippen LogP contribution in [-0.4, -0.2) is 47.5 Å². The molecule has 0 bridgehead atoms. The standard InChI is InChI=1S/C15H23NO5S/c1-4-8-21-9-7-16-11-12-10-13(22(3,18)19)5-6-14(12)15(17)20-2/h5-6,10,16H,4,7-9,11H2,1-3H3. The minimum Gasteiger partial charge on any atom is -0.465 e. The molecule has 0 heterocycles. The van der Waals surface area contributed by atoms with Gasteiger partial charge in [-0.05, 0) is 30.2 Å². The van der Waals surface area contributed by atoms with Crippen molar-refractivity contribution in [3.8, 4) is 0 Å². The molecule has 0 aromatic heterocycles. The van der Waals surface area contributed by atoms with Gasteiger partial charge in [-0.2, -0.15) is 0 Å². The second-order valence-electron chi connectivity index (χ2n) is 4.87. The van der Waals surface area contributed by atoms with Gasteiger partial charge in [0.15, 0.2) is 9.84 Å². The molecule has 1 N–H and O–H groups in total. The maximum atomic E-state index is 11.7. The van der Waals surface area contributed by atoms with Crippen LogP contribution in [0.5, 0.6) is 0 Å². The number of carbonyl (C=O) groups excluding carboxylic acids is 1. The highest BCUT2D eigenvalue weighted by Crippen LogP contribution is 2.17. The van der Waals surface area contributed by atoms with Crippen molar-refractivity contribution >= 4 is 15.8 Å². The lowest BCUT2D eigenvalue weighted by molar-refractivity contribution is 0.0599. The van der Waals surface area contributed by atoms with Crippen LogP contribution in [0.1, 0.15) is 29.3 Å². The minimum atomic E-state index is -3.32. The number of ether oxygens (including phenoxy) is 2. The van der Waals surface area contributed by atoms with Crippen LogP contribution in [0, 0.1) is 0 Å². The fourth-order valence-corrected chi connectivity index (χ4v) is 2.54. The molecule has 0 saturated heterocycles. The van der Waals surface area contributed by atoms with Gasteiger partial charge < -0.3 is 14.8 Å². The zero-order valence-corrected chi connectivity index (χ0v) is 14.0. The van der Waals surface area contributed by atoms with Crippen LogP contribution in [-0.2, 0) is 25.9 Å². The van der Waals surface area contributed by atoms with Gasteiger partial charge in [-0.1, -0.05) is 6.92 Å². The van der Waals surface area contributed by atoms with E-state index in [1.807, 2.05) is 6.92 Å². The van der Waals surface area contributed by atoms with E-state index in [2.05, 4.69) is 5.32 Å². The van der Waals surface area contributed by atoms with Gasteiger partial charge in [0.2, 0.25) is 0 Å². The molecule has 22 heavy (non-hydrogen) atoms. The van der Waals surface area contributed by atoms with Gasteiger partial charge in [-0.3, -0.25) is 0 Å². The molecule has 7 heteroatoms. The number of nitrogens with one attached hydrogen (secondary N) is 1. The number of methoxy groups -OCH3 is 1. The third-order valence-electron chi connectivity index (χ3n) is 3.00. The molecule has 0 spiro atoms. The van der Waals surface area contributed by atoms with E-state index in [0.29, 0.717) is 37.4 Å². The van der Waals surface area contributed by atoms with Crippen molar-refractivity contribution in [1.82, 2.24) is 5.32 Å². The first-order valence-corrected chi connectivity index (χ1v) is 8.99. The molecule has 0 aliphatic carbocycles. The van der Waals surface area contributed by atoms with Gasteiger partial charge in [0.1, 0.15) is 0 Å². The third kappa shape index (κ3) is 5.75. The smallest absolute Gasteiger partial charge is 0.338 e. The highest BCUT2D eigenvalue weighted by molar-refractivity contribution is 7.90. The van der Waals surface area contributed by atoms with Gasteiger partial charge in [-0.25, -0.2) is 13.2 Å². The molecule has 0 aliphatic rings. The lowest BCUT2D eigenvalue weighted by Crippen LogP contribution is -2.21. The Balaban J connectivity index is 2.81. The van der Waals surface area contributed by atoms with Crippen LogP contribution in [0.3, 0.4) is 0 Å². The van der Waals surface area contributed by atoms with E-state index in [9.17, 15) is 13.2 Å². The molecular formula is C15H23NO5S. The van der Waals surface area contributed by atoms with Crippen molar-refractivity contribution in [3.63, 3.8) is 0 Å². The van der Waals surface area contributed by atoms with Crippen LogP contribution in [0.4, 0.5) is 0 Å². The van der Waals surface area contributed by atoms with Crippen molar-refractivity contribution in [2.24, 2.45) is 0 Å². The van der Waals surface area contributed by atoms with E-state index < -0.39 is 15.8 Å². The topological polar surface area (TPSA) is 81.7 Å². The summed E-state index contributed by atoms with van der Waals surface area (Å²) in [5.74, 6) is -0.487. The van der Waals surface area contributed by atoms with Gasteiger partial charge in [0, 0.05) is 26.0 Å². The SMILES string of the molecule is CCCOCCNCc1cc(S(C)(=O)=O)ccc1C(=O)OC. The molecule has 0 atom stereocenters. The zero-order valence-electron chi connectivity index (χ0n) is 13.2. The highest BCUT2D eigenvalue weighted by atomic mass is 32.2. The van der Waals surface area contributed by atoms with Gasteiger partial charge in [0.25, 0.3) is 0 Å². The predicted octanol–water partition coefficient (Wildman–Crippen LogP) is 1.39. The van der Waals surface area contributed by atoms with E-state index in [-0.39, 0.29) is 4.90 Å². The van der Waals surface area contributed by atoms with E-state index in [1.54, 1.807) is 0 Å². The number of rotatable bonds is 9. The highest BCUT2D eigenvalue weighted by Gasteiger charge is 2.15. The summed E-state index contributed by atoms with van der Waals surface area (Å²) in [6, 6.07) is 4.39. The van der Waals surface area contributed by atoms with Crippen LogP contribution in [0.25, 0.3) is 0 Å². The van der Waals surface area contributed by atoms with E-state index in [4.69, 9.17) is 9.47 Å². The summed E-state index contributed by atoms with van der Waals surface area (Å²) in [6.45, 7) is 4.28. The Hall–Kier alpha value is -1.44. The summed E-state index contributed by atoms with van der Waals surface area (Å²) >= 11 is 0. The molecule has 0 radical (unpaired) electrons. The van der Waals surface area contributed by atoms with Crippen molar-refractivity contribution < 1.29 is 22.7 Å². The molecule has 0 unspecified atom stereocenters. The fourth-order valence-electron chi connectivity index (χ4n) is 1.87. The molecule has 0 amide bonds. The van der Waals surface area contributed by atoms with Crippen molar-refractivity contribution in [2.45, 2.75) is 24.8 Å². The number of sulfone groups is 1. The minimum absolute atomic E-state index is 0.180. The summed E-state index contributed by atoms with van der Waals surface area (Å²) in [4.78, 5) is 11.9. The largest absolute Gasteiger partial charge is 0.465 e. The summed E-state index contributed by atoms with van der Waals surface area (Å²) in [5.41, 5.74) is 0.946. The quantitative estimate of drug-likeness (QED) is 0.545. The molecular weight excluding hydrogens is 306 g/mol. The van der Waals surface area contributed by atoms with Crippen LogP contribution in [0.2, 0.25) is 0 Å². The number of hydrogen-bond donors (Lipinski definition) is 1. The summed E-state index contributed by atoms with van der Waals surface area (Å²) < 4.78 is 33.3. The number of benzene rings is 1. The van der Waals surface area contributed by atoms with Crippen molar-refractivity contribution in [3.05, 3.63) is 29.3 Å². The summed E-state index contributed by atoms with van der Waals surface area (Å²) in [5, 5.41) is 3.13. The predicted molar refractivity (Wildman–Crippen MR) is 83.7 cm³/mol. The van der Waals surface area contributed by atoms with Gasteiger partial charge in [0.05, 0.1) is 24.2 Å². The first-order valence-electron chi connectivity index (χ1n) is 7.10. The van der Waals surface area contributed by atoms with E-state index in [1.165, 1.54) is 25.3 Å². The zero-order chi connectivity index (χ0) is 16.6. The van der Waals surface area contributed by atoms with Crippen LogP contribution in [0.15, 0.2) is 23.1 Å². The fraction of sp³-hybridized carbons (Fsp3) is 0.533. The lowest BCUT2D eigenvalue weighted by atomic mass is 10.1.